The molecule has 2 aromatic rings. The van der Waals surface area contributed by atoms with Crippen molar-refractivity contribution in [1.82, 2.24) is 0 Å². The van der Waals surface area contributed by atoms with Gasteiger partial charge in [0, 0.05) is 15.8 Å². The molecule has 1 aromatic heterocycles. The Kier molecular flexibility index (Phi) is 4.45. The third-order valence-electron chi connectivity index (χ3n) is 2.99. The molecule has 0 aliphatic carbocycles. The number of ether oxygens (including phenoxy) is 2. The zero-order valence-corrected chi connectivity index (χ0v) is 12.2. The molecular formula is C15H18O3S. The lowest BCUT2D eigenvalue weighted by molar-refractivity contribution is 0.223. The maximum Gasteiger partial charge on any atom is 0.122 e. The predicted molar refractivity (Wildman–Crippen MR) is 77.3 cm³/mol. The fourth-order valence-electron chi connectivity index (χ4n) is 1.88. The van der Waals surface area contributed by atoms with Gasteiger partial charge in [-0.05, 0) is 36.2 Å². The van der Waals surface area contributed by atoms with Gasteiger partial charge in [0.25, 0.3) is 0 Å². The lowest BCUT2D eigenvalue weighted by Crippen LogP contribution is -1.99. The molecule has 102 valence electrons. The number of aliphatic hydroxyl groups excluding tert-OH is 1. The van der Waals surface area contributed by atoms with Crippen LogP contribution in [0, 0.1) is 0 Å². The number of aliphatic hydroxyl groups is 1. The van der Waals surface area contributed by atoms with Gasteiger partial charge in [-0.3, -0.25) is 0 Å². The topological polar surface area (TPSA) is 38.7 Å². The molecule has 1 N–H and O–H groups in total. The molecule has 1 unspecified atom stereocenters. The van der Waals surface area contributed by atoms with Crippen LogP contribution < -0.4 is 9.47 Å². The Morgan fingerprint density at radius 3 is 2.21 bits per heavy atom. The number of rotatable bonds is 5. The average molecular weight is 278 g/mol. The second-order valence-electron chi connectivity index (χ2n) is 4.21. The summed E-state index contributed by atoms with van der Waals surface area (Å²) < 4.78 is 10.4. The van der Waals surface area contributed by atoms with Gasteiger partial charge in [0.05, 0.1) is 14.2 Å². The highest BCUT2D eigenvalue weighted by Crippen LogP contribution is 2.33. The molecule has 3 nitrogen and oxygen atoms in total. The van der Waals surface area contributed by atoms with Crippen molar-refractivity contribution >= 4 is 11.3 Å². The molecule has 2 rings (SSSR count). The van der Waals surface area contributed by atoms with Crippen LogP contribution in [0.5, 0.6) is 11.5 Å². The first-order valence-corrected chi connectivity index (χ1v) is 6.99. The Morgan fingerprint density at radius 2 is 1.74 bits per heavy atom. The molecule has 1 aromatic carbocycles. The SMILES string of the molecule is CCc1ccc(C(O)c2cc(OC)cc(OC)c2)s1. The van der Waals surface area contributed by atoms with Gasteiger partial charge >= 0.3 is 0 Å². The van der Waals surface area contributed by atoms with Crippen molar-refractivity contribution in [3.63, 3.8) is 0 Å². The van der Waals surface area contributed by atoms with Gasteiger partial charge in [-0.2, -0.15) is 0 Å². The average Bonchev–Trinajstić information content (AvgIpc) is 2.94. The summed E-state index contributed by atoms with van der Waals surface area (Å²) in [5.41, 5.74) is 0.778. The number of hydrogen-bond acceptors (Lipinski definition) is 4. The van der Waals surface area contributed by atoms with Crippen LogP contribution in [0.4, 0.5) is 0 Å². The first-order chi connectivity index (χ1) is 9.17. The Labute approximate surface area is 117 Å². The van der Waals surface area contributed by atoms with E-state index in [1.807, 2.05) is 18.2 Å². The van der Waals surface area contributed by atoms with E-state index in [0.717, 1.165) is 16.9 Å². The van der Waals surface area contributed by atoms with Crippen molar-refractivity contribution < 1.29 is 14.6 Å². The van der Waals surface area contributed by atoms with Crippen molar-refractivity contribution in [3.8, 4) is 11.5 Å². The van der Waals surface area contributed by atoms with Gasteiger partial charge in [-0.15, -0.1) is 11.3 Å². The van der Waals surface area contributed by atoms with Crippen LogP contribution in [-0.4, -0.2) is 19.3 Å². The molecule has 4 heteroatoms. The fraction of sp³-hybridized carbons (Fsp3) is 0.333. The van der Waals surface area contributed by atoms with E-state index in [0.29, 0.717) is 11.5 Å². The monoisotopic (exact) mass is 278 g/mol. The minimum Gasteiger partial charge on any atom is -0.497 e. The number of hydrogen-bond donors (Lipinski definition) is 1. The molecule has 19 heavy (non-hydrogen) atoms. The van der Waals surface area contributed by atoms with Crippen molar-refractivity contribution in [3.05, 3.63) is 45.6 Å². The predicted octanol–water partition coefficient (Wildman–Crippen LogP) is 3.41. The quantitative estimate of drug-likeness (QED) is 0.911. The van der Waals surface area contributed by atoms with Crippen molar-refractivity contribution in [2.45, 2.75) is 19.4 Å². The van der Waals surface area contributed by atoms with Crippen molar-refractivity contribution in [1.29, 1.82) is 0 Å². The minimum atomic E-state index is -0.644. The zero-order chi connectivity index (χ0) is 13.8. The van der Waals surface area contributed by atoms with Gasteiger partial charge in [-0.25, -0.2) is 0 Å². The van der Waals surface area contributed by atoms with Crippen LogP contribution in [0.25, 0.3) is 0 Å². The molecule has 0 amide bonds. The second kappa shape index (κ2) is 6.08. The summed E-state index contributed by atoms with van der Waals surface area (Å²) in [4.78, 5) is 2.20. The molecule has 0 aliphatic heterocycles. The highest BCUT2D eigenvalue weighted by Gasteiger charge is 2.15. The maximum absolute atomic E-state index is 10.4. The zero-order valence-electron chi connectivity index (χ0n) is 11.3. The highest BCUT2D eigenvalue weighted by molar-refractivity contribution is 7.12. The summed E-state index contributed by atoms with van der Waals surface area (Å²) in [6.45, 7) is 2.11. The normalized spacial score (nSPS) is 12.2. The first-order valence-electron chi connectivity index (χ1n) is 6.17. The van der Waals surface area contributed by atoms with Gasteiger partial charge in [-0.1, -0.05) is 6.92 Å². The fourth-order valence-corrected chi connectivity index (χ4v) is 2.85. The minimum absolute atomic E-state index is 0.644. The second-order valence-corrected chi connectivity index (χ2v) is 5.41. The van der Waals surface area contributed by atoms with E-state index in [4.69, 9.17) is 9.47 Å². The number of thiophene rings is 1. The molecule has 1 atom stereocenters. The Hall–Kier alpha value is -1.52. The third-order valence-corrected chi connectivity index (χ3v) is 4.27. The molecular weight excluding hydrogens is 260 g/mol. The Bertz CT molecular complexity index is 526. The van der Waals surface area contributed by atoms with Crippen LogP contribution in [0.15, 0.2) is 30.3 Å². The number of methoxy groups -OCH3 is 2. The number of aryl methyl sites for hydroxylation is 1. The Balaban J connectivity index is 2.34. The van der Waals surface area contributed by atoms with E-state index < -0.39 is 6.10 Å². The van der Waals surface area contributed by atoms with E-state index in [1.165, 1.54) is 4.88 Å². The van der Waals surface area contributed by atoms with E-state index in [1.54, 1.807) is 31.6 Å². The standard InChI is InChI=1S/C15H18O3S/c1-4-13-5-6-14(19-13)15(16)10-7-11(17-2)9-12(8-10)18-3/h5-9,15-16H,4H2,1-3H3. The van der Waals surface area contributed by atoms with E-state index in [2.05, 4.69) is 13.0 Å². The Morgan fingerprint density at radius 1 is 1.11 bits per heavy atom. The summed E-state index contributed by atoms with van der Waals surface area (Å²) in [6, 6.07) is 9.49. The van der Waals surface area contributed by atoms with Gasteiger partial charge < -0.3 is 14.6 Å². The van der Waals surface area contributed by atoms with Gasteiger partial charge in [0.15, 0.2) is 0 Å². The molecule has 0 fully saturated rings. The van der Waals surface area contributed by atoms with E-state index >= 15 is 0 Å². The van der Waals surface area contributed by atoms with Crippen molar-refractivity contribution in [2.75, 3.05) is 14.2 Å². The molecule has 0 saturated heterocycles. The summed E-state index contributed by atoms with van der Waals surface area (Å²) in [6.07, 6.45) is 0.341. The first kappa shape index (κ1) is 13.9. The summed E-state index contributed by atoms with van der Waals surface area (Å²) in [5, 5.41) is 10.4. The lowest BCUT2D eigenvalue weighted by atomic mass is 10.1. The van der Waals surface area contributed by atoms with Gasteiger partial charge in [0.2, 0.25) is 0 Å². The van der Waals surface area contributed by atoms with Crippen LogP contribution in [0.3, 0.4) is 0 Å². The lowest BCUT2D eigenvalue weighted by Gasteiger charge is -2.12. The molecule has 0 aliphatic rings. The third kappa shape index (κ3) is 3.08. The van der Waals surface area contributed by atoms with E-state index in [-0.39, 0.29) is 0 Å². The van der Waals surface area contributed by atoms with Crippen LogP contribution >= 0.6 is 11.3 Å². The highest BCUT2D eigenvalue weighted by atomic mass is 32.1. The molecule has 0 spiro atoms. The smallest absolute Gasteiger partial charge is 0.122 e. The summed E-state index contributed by atoms with van der Waals surface area (Å²) in [5.74, 6) is 1.36. The van der Waals surface area contributed by atoms with Gasteiger partial charge in [0.1, 0.15) is 17.6 Å². The van der Waals surface area contributed by atoms with Crippen LogP contribution in [-0.2, 0) is 6.42 Å². The maximum atomic E-state index is 10.4. The summed E-state index contributed by atoms with van der Waals surface area (Å²) in [7, 11) is 3.20. The molecule has 0 bridgehead atoms. The largest absolute Gasteiger partial charge is 0.497 e. The van der Waals surface area contributed by atoms with E-state index in [9.17, 15) is 5.11 Å². The van der Waals surface area contributed by atoms with Crippen molar-refractivity contribution in [2.24, 2.45) is 0 Å². The summed E-state index contributed by atoms with van der Waals surface area (Å²) >= 11 is 1.63. The number of benzene rings is 1. The molecule has 0 radical (unpaired) electrons. The van der Waals surface area contributed by atoms with Crippen LogP contribution in [0.1, 0.15) is 28.3 Å². The van der Waals surface area contributed by atoms with Crippen LogP contribution in [0.2, 0.25) is 0 Å². The molecule has 0 saturated carbocycles. The molecule has 1 heterocycles.